The Hall–Kier alpha value is -6.23. The van der Waals surface area contributed by atoms with E-state index in [4.69, 9.17) is 0 Å². The van der Waals surface area contributed by atoms with Gasteiger partial charge in [0.2, 0.25) is 0 Å². The van der Waals surface area contributed by atoms with Crippen LogP contribution >= 0.6 is 0 Å². The molecule has 0 radical (unpaired) electrons. The summed E-state index contributed by atoms with van der Waals surface area (Å²) in [5.41, 5.74) is -1.73. The van der Waals surface area contributed by atoms with Crippen molar-refractivity contribution < 1.29 is 24.7 Å². The second-order valence-corrected chi connectivity index (χ2v) is 9.54. The normalized spacial score (nSPS) is 11.6. The monoisotopic (exact) mass is 559 g/mol. The van der Waals surface area contributed by atoms with E-state index >= 15 is 0 Å². The van der Waals surface area contributed by atoms with E-state index in [9.17, 15) is 40.2 Å². The number of ketones is 1. The van der Waals surface area contributed by atoms with Crippen LogP contribution in [0.25, 0.3) is 43.4 Å². The summed E-state index contributed by atoms with van der Waals surface area (Å²) in [6.45, 7) is 0. The lowest BCUT2D eigenvalue weighted by atomic mass is 9.96. The van der Waals surface area contributed by atoms with E-state index in [2.05, 4.69) is 36.4 Å². The SMILES string of the molecule is O=C1c2cc([N+](=O)[O-])ccc2-c2c1cc([N+](=O)[O-])cc2[N+](=O)[O-].Oc1cccc2ccc3ccc4ccccc4c3c12. The fourth-order valence-electron chi connectivity index (χ4n) is 5.37. The highest BCUT2D eigenvalue weighted by Gasteiger charge is 2.37. The van der Waals surface area contributed by atoms with Gasteiger partial charge in [0.1, 0.15) is 5.75 Å². The maximum atomic E-state index is 12.3. The van der Waals surface area contributed by atoms with Gasteiger partial charge in [-0.3, -0.25) is 35.1 Å². The number of nitrogens with zero attached hydrogens (tertiary/aromatic N) is 3. The highest BCUT2D eigenvalue weighted by molar-refractivity contribution is 6.24. The summed E-state index contributed by atoms with van der Waals surface area (Å²) in [5.74, 6) is -0.370. The first-order chi connectivity index (χ1) is 20.2. The zero-order chi connectivity index (χ0) is 29.7. The molecule has 1 aliphatic carbocycles. The number of carbonyl (C=O) groups excluding carboxylic acids is 1. The number of non-ortho nitro benzene ring substituents is 2. The van der Waals surface area contributed by atoms with Gasteiger partial charge >= 0.3 is 0 Å². The van der Waals surface area contributed by atoms with Gasteiger partial charge in [-0.1, -0.05) is 60.7 Å². The number of hydrogen-bond acceptors (Lipinski definition) is 8. The molecule has 0 heterocycles. The van der Waals surface area contributed by atoms with Crippen molar-refractivity contribution in [3.63, 3.8) is 0 Å². The van der Waals surface area contributed by atoms with Crippen LogP contribution in [-0.4, -0.2) is 25.7 Å². The predicted molar refractivity (Wildman–Crippen MR) is 156 cm³/mol. The first-order valence-corrected chi connectivity index (χ1v) is 12.5. The average molecular weight is 559 g/mol. The summed E-state index contributed by atoms with van der Waals surface area (Å²) in [7, 11) is 0. The Morgan fingerprint density at radius 1 is 0.548 bits per heavy atom. The molecular weight excluding hydrogens is 542 g/mol. The predicted octanol–water partition coefficient (Wildman–Crippen LogP) is 7.47. The molecule has 0 amide bonds. The highest BCUT2D eigenvalue weighted by atomic mass is 16.6. The minimum Gasteiger partial charge on any atom is -0.507 e. The van der Waals surface area contributed by atoms with Crippen LogP contribution in [0.15, 0.2) is 97.1 Å². The minimum atomic E-state index is -0.841. The van der Waals surface area contributed by atoms with Crippen molar-refractivity contribution in [2.75, 3.05) is 0 Å². The summed E-state index contributed by atoms with van der Waals surface area (Å²) in [6, 6.07) is 27.5. The Morgan fingerprint density at radius 3 is 1.86 bits per heavy atom. The Bertz CT molecular complexity index is 2170. The average Bonchev–Trinajstić information content (AvgIpc) is 3.27. The second-order valence-electron chi connectivity index (χ2n) is 9.54. The molecule has 11 heteroatoms. The van der Waals surface area contributed by atoms with Gasteiger partial charge in [-0.2, -0.15) is 0 Å². The Labute approximate surface area is 235 Å². The van der Waals surface area contributed by atoms with Crippen LogP contribution in [0, 0.1) is 30.3 Å². The van der Waals surface area contributed by atoms with Gasteiger partial charge in [-0.15, -0.1) is 0 Å². The molecule has 42 heavy (non-hydrogen) atoms. The lowest BCUT2D eigenvalue weighted by Crippen LogP contribution is -2.00. The van der Waals surface area contributed by atoms with Gasteiger partial charge in [-0.25, -0.2) is 0 Å². The van der Waals surface area contributed by atoms with Gasteiger partial charge in [0.25, 0.3) is 17.1 Å². The van der Waals surface area contributed by atoms with Crippen LogP contribution in [0.4, 0.5) is 17.1 Å². The quantitative estimate of drug-likeness (QED) is 0.132. The molecule has 0 atom stereocenters. The molecule has 6 aromatic rings. The smallest absolute Gasteiger partial charge is 0.284 e. The molecule has 0 unspecified atom stereocenters. The van der Waals surface area contributed by atoms with Crippen LogP contribution in [0.3, 0.4) is 0 Å². The molecule has 0 saturated heterocycles. The molecule has 204 valence electrons. The van der Waals surface area contributed by atoms with E-state index in [0.717, 1.165) is 45.8 Å². The van der Waals surface area contributed by atoms with Crippen LogP contribution in [-0.2, 0) is 0 Å². The topological polar surface area (TPSA) is 167 Å². The molecule has 0 saturated carbocycles. The number of aromatic hydroxyl groups is 1. The third-order valence-electron chi connectivity index (χ3n) is 7.21. The first kappa shape index (κ1) is 26.0. The van der Waals surface area contributed by atoms with Crippen molar-refractivity contribution in [1.82, 2.24) is 0 Å². The van der Waals surface area contributed by atoms with Crippen molar-refractivity contribution in [3.8, 4) is 16.9 Å². The van der Waals surface area contributed by atoms with Gasteiger partial charge in [-0.05, 0) is 33.7 Å². The van der Waals surface area contributed by atoms with E-state index in [1.807, 2.05) is 24.3 Å². The largest absolute Gasteiger partial charge is 0.507 e. The van der Waals surface area contributed by atoms with Gasteiger partial charge in [0.15, 0.2) is 5.78 Å². The summed E-state index contributed by atoms with van der Waals surface area (Å²) in [5, 5.41) is 49.8. The van der Waals surface area contributed by atoms with Crippen molar-refractivity contribution in [1.29, 1.82) is 0 Å². The molecule has 1 aliphatic rings. The third kappa shape index (κ3) is 4.12. The van der Waals surface area contributed by atoms with Crippen LogP contribution in [0.5, 0.6) is 5.75 Å². The maximum absolute atomic E-state index is 12.3. The molecule has 0 bridgehead atoms. The molecular formula is C31H17N3O8. The molecule has 1 N–H and O–H groups in total. The minimum absolute atomic E-state index is 0.0597. The van der Waals surface area contributed by atoms with Crippen LogP contribution in [0.1, 0.15) is 15.9 Å². The molecule has 0 aliphatic heterocycles. The third-order valence-corrected chi connectivity index (χ3v) is 7.21. The zero-order valence-corrected chi connectivity index (χ0v) is 21.4. The summed E-state index contributed by atoms with van der Waals surface area (Å²) in [4.78, 5) is 42.8. The number of phenols is 1. The lowest BCUT2D eigenvalue weighted by Gasteiger charge is -2.09. The Balaban J connectivity index is 0.000000153. The summed E-state index contributed by atoms with van der Waals surface area (Å²) < 4.78 is 0. The number of benzene rings is 6. The van der Waals surface area contributed by atoms with Gasteiger partial charge in [0, 0.05) is 45.7 Å². The first-order valence-electron chi connectivity index (χ1n) is 12.5. The van der Waals surface area contributed by atoms with Crippen LogP contribution < -0.4 is 0 Å². The van der Waals surface area contributed by atoms with E-state index in [-0.39, 0.29) is 27.9 Å². The molecule has 0 spiro atoms. The molecule has 7 rings (SSSR count). The number of nitro benzene ring substituents is 3. The molecule has 0 aromatic heterocycles. The number of nitro groups is 3. The number of carbonyl (C=O) groups is 1. The molecule has 0 fully saturated rings. The fraction of sp³-hybridized carbons (Fsp3) is 0. The summed E-state index contributed by atoms with van der Waals surface area (Å²) >= 11 is 0. The summed E-state index contributed by atoms with van der Waals surface area (Å²) in [6.07, 6.45) is 0. The van der Waals surface area contributed by atoms with Crippen molar-refractivity contribution >= 4 is 55.2 Å². The van der Waals surface area contributed by atoms with Crippen molar-refractivity contribution in [3.05, 3.63) is 139 Å². The number of fused-ring (bicyclic) bond motifs is 8. The maximum Gasteiger partial charge on any atom is 0.284 e. The van der Waals surface area contributed by atoms with E-state index in [1.165, 1.54) is 16.8 Å². The van der Waals surface area contributed by atoms with E-state index in [1.54, 1.807) is 6.07 Å². The molecule has 6 aromatic carbocycles. The van der Waals surface area contributed by atoms with Crippen LogP contribution in [0.2, 0.25) is 0 Å². The number of rotatable bonds is 3. The van der Waals surface area contributed by atoms with Gasteiger partial charge in [0.05, 0.1) is 26.4 Å². The van der Waals surface area contributed by atoms with Crippen molar-refractivity contribution in [2.45, 2.75) is 0 Å². The second kappa shape index (κ2) is 9.75. The van der Waals surface area contributed by atoms with E-state index < -0.39 is 31.9 Å². The van der Waals surface area contributed by atoms with E-state index in [0.29, 0.717) is 5.75 Å². The van der Waals surface area contributed by atoms with Crippen molar-refractivity contribution in [2.24, 2.45) is 0 Å². The lowest BCUT2D eigenvalue weighted by molar-refractivity contribution is -0.393. The Morgan fingerprint density at radius 2 is 1.17 bits per heavy atom. The Kier molecular flexibility index (Phi) is 6.04. The fourth-order valence-corrected chi connectivity index (χ4v) is 5.37. The molecule has 11 nitrogen and oxygen atoms in total. The highest BCUT2D eigenvalue weighted by Crippen LogP contribution is 2.45. The van der Waals surface area contributed by atoms with Gasteiger partial charge < -0.3 is 5.11 Å². The number of hydrogen-bond donors (Lipinski definition) is 1. The zero-order valence-electron chi connectivity index (χ0n) is 21.4. The number of phenolic OH excluding ortho intramolecular Hbond substituents is 1. The standard InChI is InChI=1S/C18H12O.C13H5N3O7/c19-16-7-3-5-13-10-11-14-9-8-12-4-1-2-6-15(12)17(14)18(13)16;17-13-9-3-6(14(18)19)1-2-8(9)12-10(13)4-7(15(20)21)5-11(12)16(22)23/h1-11,19H;1-5H.